The molecular formula is C20H25NO2. The third-order valence-electron chi connectivity index (χ3n) is 4.46. The Bertz CT molecular complexity index is 736. The maximum absolute atomic E-state index is 5.88. The quantitative estimate of drug-likeness (QED) is 0.789. The van der Waals surface area contributed by atoms with Gasteiger partial charge in [0.1, 0.15) is 5.75 Å². The van der Waals surface area contributed by atoms with Gasteiger partial charge in [0, 0.05) is 17.1 Å². The molecule has 0 spiro atoms. The number of rotatable bonds is 2. The van der Waals surface area contributed by atoms with Gasteiger partial charge in [0.25, 0.3) is 0 Å². The van der Waals surface area contributed by atoms with Gasteiger partial charge in [0.15, 0.2) is 0 Å². The van der Waals surface area contributed by atoms with Crippen molar-refractivity contribution in [2.75, 3.05) is 7.11 Å². The summed E-state index contributed by atoms with van der Waals surface area (Å²) >= 11 is 0. The van der Waals surface area contributed by atoms with Crippen molar-refractivity contribution in [1.82, 2.24) is 4.98 Å². The van der Waals surface area contributed by atoms with Crippen molar-refractivity contribution >= 4 is 16.5 Å². The van der Waals surface area contributed by atoms with Crippen molar-refractivity contribution in [3.8, 4) is 5.75 Å². The summed E-state index contributed by atoms with van der Waals surface area (Å²) in [5, 5.41) is 1.08. The van der Waals surface area contributed by atoms with E-state index in [2.05, 4.69) is 29.3 Å². The number of nitrogens with zero attached hydrogens (tertiary/aromatic N) is 1. The minimum absolute atomic E-state index is 0.312. The molecule has 3 nitrogen and oxygen atoms in total. The van der Waals surface area contributed by atoms with Gasteiger partial charge in [0.2, 0.25) is 0 Å². The molecule has 0 N–H and O–H groups in total. The number of aromatic nitrogens is 1. The normalized spacial score (nSPS) is 22.3. The minimum atomic E-state index is 0.312. The van der Waals surface area contributed by atoms with Crippen LogP contribution in [0.1, 0.15) is 44.4 Å². The number of fused-ring (bicyclic) bond motifs is 3. The van der Waals surface area contributed by atoms with E-state index in [1.54, 1.807) is 7.11 Å². The highest BCUT2D eigenvalue weighted by Crippen LogP contribution is 2.37. The largest absolute Gasteiger partial charge is 0.496 e. The van der Waals surface area contributed by atoms with E-state index in [0.717, 1.165) is 35.2 Å². The first-order valence-electron chi connectivity index (χ1n) is 8.55. The first kappa shape index (κ1) is 16.0. The van der Waals surface area contributed by atoms with Crippen LogP contribution < -0.4 is 4.74 Å². The van der Waals surface area contributed by atoms with E-state index in [1.807, 2.05) is 26.8 Å². The van der Waals surface area contributed by atoms with Crippen LogP contribution in [0.4, 0.5) is 0 Å². The van der Waals surface area contributed by atoms with Crippen LogP contribution in [0.2, 0.25) is 0 Å². The van der Waals surface area contributed by atoms with Crippen LogP contribution in [0.3, 0.4) is 0 Å². The smallest absolute Gasteiger partial charge is 0.130 e. The molecule has 2 aromatic rings. The van der Waals surface area contributed by atoms with Gasteiger partial charge >= 0.3 is 0 Å². The van der Waals surface area contributed by atoms with E-state index in [-0.39, 0.29) is 0 Å². The van der Waals surface area contributed by atoms with Crippen LogP contribution in [0.25, 0.3) is 16.5 Å². The summed E-state index contributed by atoms with van der Waals surface area (Å²) in [6, 6.07) is 8.47. The molecule has 2 aliphatic heterocycles. The predicted octanol–water partition coefficient (Wildman–Crippen LogP) is 4.91. The van der Waals surface area contributed by atoms with Crippen molar-refractivity contribution < 1.29 is 9.47 Å². The van der Waals surface area contributed by atoms with Crippen molar-refractivity contribution in [3.05, 3.63) is 41.6 Å². The summed E-state index contributed by atoms with van der Waals surface area (Å²) in [7, 11) is 1.72. The van der Waals surface area contributed by atoms with E-state index in [0.29, 0.717) is 12.2 Å². The summed E-state index contributed by atoms with van der Waals surface area (Å²) in [5.41, 5.74) is 4.64. The molecule has 0 aliphatic carbocycles. The molecule has 0 saturated carbocycles. The number of ether oxygens (including phenoxy) is 2. The molecule has 4 rings (SSSR count). The third-order valence-corrected chi connectivity index (χ3v) is 4.46. The standard InChI is InChI=1S/C18H19NO2.C2H6/c1-11-7-18(20-2)16-10-12(3-6-17(16)19-11)13-8-14-4-5-15(9-13)21-14;1-2/h3,6-8,10,14-15H,4-5,9H2,1-2H3;1-2H3/t14-,15+;/m0./s1. The van der Waals surface area contributed by atoms with Crippen molar-refractivity contribution in [2.24, 2.45) is 0 Å². The molecule has 2 bridgehead atoms. The number of pyridine rings is 1. The fraction of sp³-hybridized carbons (Fsp3) is 0.450. The zero-order valence-electron chi connectivity index (χ0n) is 14.4. The molecule has 1 fully saturated rings. The second-order valence-corrected chi connectivity index (χ2v) is 5.97. The summed E-state index contributed by atoms with van der Waals surface area (Å²) in [6.45, 7) is 5.99. The van der Waals surface area contributed by atoms with Gasteiger partial charge in [0.05, 0.1) is 24.8 Å². The Labute approximate surface area is 138 Å². The van der Waals surface area contributed by atoms with Crippen molar-refractivity contribution in [2.45, 2.75) is 52.2 Å². The van der Waals surface area contributed by atoms with Crippen LogP contribution in [0.5, 0.6) is 5.75 Å². The summed E-state index contributed by atoms with van der Waals surface area (Å²) in [4.78, 5) is 4.59. The zero-order valence-corrected chi connectivity index (χ0v) is 14.4. The first-order chi connectivity index (χ1) is 11.2. The molecule has 2 atom stereocenters. The summed E-state index contributed by atoms with van der Waals surface area (Å²) in [6.07, 6.45) is 6.37. The van der Waals surface area contributed by atoms with Gasteiger partial charge in [-0.05, 0) is 49.5 Å². The monoisotopic (exact) mass is 311 g/mol. The lowest BCUT2D eigenvalue weighted by atomic mass is 9.96. The van der Waals surface area contributed by atoms with Gasteiger partial charge in [-0.1, -0.05) is 26.0 Å². The van der Waals surface area contributed by atoms with Crippen LogP contribution >= 0.6 is 0 Å². The Morgan fingerprint density at radius 2 is 2.00 bits per heavy atom. The summed E-state index contributed by atoms with van der Waals surface area (Å²) < 4.78 is 11.4. The average Bonchev–Trinajstić information content (AvgIpc) is 2.93. The fourth-order valence-corrected chi connectivity index (χ4v) is 3.45. The molecule has 1 aromatic heterocycles. The van der Waals surface area contributed by atoms with E-state index in [1.165, 1.54) is 17.6 Å². The maximum atomic E-state index is 5.88. The number of benzene rings is 1. The molecular weight excluding hydrogens is 286 g/mol. The van der Waals surface area contributed by atoms with Crippen molar-refractivity contribution in [3.63, 3.8) is 0 Å². The predicted molar refractivity (Wildman–Crippen MR) is 94.9 cm³/mol. The number of aryl methyl sites for hydroxylation is 1. The van der Waals surface area contributed by atoms with Gasteiger partial charge in [-0.15, -0.1) is 0 Å². The van der Waals surface area contributed by atoms with Gasteiger partial charge < -0.3 is 9.47 Å². The van der Waals surface area contributed by atoms with Crippen LogP contribution in [-0.4, -0.2) is 24.3 Å². The third kappa shape index (κ3) is 3.11. The highest BCUT2D eigenvalue weighted by atomic mass is 16.5. The SMILES string of the molecule is CC.COc1cc(C)nc2ccc(C3=C[C@@H]4CC[C@H](C3)O4)cc12. The second kappa shape index (κ2) is 6.71. The molecule has 0 radical (unpaired) electrons. The molecule has 3 heterocycles. The molecule has 1 saturated heterocycles. The maximum Gasteiger partial charge on any atom is 0.130 e. The lowest BCUT2D eigenvalue weighted by Gasteiger charge is -2.21. The van der Waals surface area contributed by atoms with Gasteiger partial charge in [-0.25, -0.2) is 0 Å². The number of hydrogen-bond donors (Lipinski definition) is 0. The highest BCUT2D eigenvalue weighted by molar-refractivity contribution is 5.89. The molecule has 0 amide bonds. The average molecular weight is 311 g/mol. The Balaban J connectivity index is 0.000000753. The van der Waals surface area contributed by atoms with E-state index in [4.69, 9.17) is 9.47 Å². The topological polar surface area (TPSA) is 31.4 Å². The number of methoxy groups -OCH3 is 1. The Morgan fingerprint density at radius 3 is 2.74 bits per heavy atom. The first-order valence-corrected chi connectivity index (χ1v) is 8.55. The van der Waals surface area contributed by atoms with E-state index < -0.39 is 0 Å². The second-order valence-electron chi connectivity index (χ2n) is 5.97. The van der Waals surface area contributed by atoms with Crippen LogP contribution in [0, 0.1) is 6.92 Å². The number of hydrogen-bond acceptors (Lipinski definition) is 3. The van der Waals surface area contributed by atoms with Crippen LogP contribution in [-0.2, 0) is 4.74 Å². The van der Waals surface area contributed by atoms with Gasteiger partial charge in [-0.3, -0.25) is 4.98 Å². The fourth-order valence-electron chi connectivity index (χ4n) is 3.45. The van der Waals surface area contributed by atoms with E-state index in [9.17, 15) is 0 Å². The molecule has 23 heavy (non-hydrogen) atoms. The molecule has 3 heteroatoms. The van der Waals surface area contributed by atoms with Crippen molar-refractivity contribution in [1.29, 1.82) is 0 Å². The molecule has 1 aromatic carbocycles. The van der Waals surface area contributed by atoms with Crippen LogP contribution in [0.15, 0.2) is 30.3 Å². The Hall–Kier alpha value is -1.87. The lowest BCUT2D eigenvalue weighted by molar-refractivity contribution is 0.0671. The molecule has 122 valence electrons. The molecule has 0 unspecified atom stereocenters. The summed E-state index contributed by atoms with van der Waals surface area (Å²) in [5.74, 6) is 0.898. The Kier molecular flexibility index (Phi) is 4.67. The Morgan fingerprint density at radius 1 is 1.17 bits per heavy atom. The minimum Gasteiger partial charge on any atom is -0.496 e. The van der Waals surface area contributed by atoms with E-state index >= 15 is 0 Å². The molecule has 2 aliphatic rings. The van der Waals surface area contributed by atoms with Gasteiger partial charge in [-0.2, -0.15) is 0 Å². The zero-order chi connectivity index (χ0) is 16.4. The highest BCUT2D eigenvalue weighted by Gasteiger charge is 2.29. The lowest BCUT2D eigenvalue weighted by Crippen LogP contribution is -2.15.